The van der Waals surface area contributed by atoms with Gasteiger partial charge in [-0.05, 0) is 51.1 Å². The van der Waals surface area contributed by atoms with E-state index in [2.05, 4.69) is 10.4 Å². The molecule has 1 atom stereocenters. The maximum atomic E-state index is 13.3. The van der Waals surface area contributed by atoms with Gasteiger partial charge in [0.1, 0.15) is 5.82 Å². The maximum absolute atomic E-state index is 13.3. The zero-order chi connectivity index (χ0) is 19.3. The molecule has 0 bridgehead atoms. The zero-order valence-corrected chi connectivity index (χ0v) is 16.7. The molecule has 1 amide bonds. The number of ketones is 1. The molecule has 1 aliphatic heterocycles. The Bertz CT molecular complexity index is 1070. The van der Waals surface area contributed by atoms with Gasteiger partial charge in [-0.3, -0.25) is 9.59 Å². The summed E-state index contributed by atoms with van der Waals surface area (Å²) in [6.45, 7) is 5.80. The Morgan fingerprint density at radius 1 is 1.26 bits per heavy atom. The fraction of sp³-hybridized carbons (Fsp3) is 0.250. The van der Waals surface area contributed by atoms with Crippen LogP contribution in [0.15, 0.2) is 30.3 Å². The van der Waals surface area contributed by atoms with Gasteiger partial charge >= 0.3 is 0 Å². The molecule has 2 aromatic heterocycles. The van der Waals surface area contributed by atoms with Gasteiger partial charge in [-0.25, -0.2) is 4.68 Å². The Labute approximate surface area is 166 Å². The lowest BCUT2D eigenvalue weighted by Crippen LogP contribution is -2.28. The molecule has 0 saturated heterocycles. The maximum Gasteiger partial charge on any atom is 0.226 e. The Balaban J connectivity index is 1.83. The van der Waals surface area contributed by atoms with Crippen molar-refractivity contribution in [2.45, 2.75) is 33.1 Å². The Kier molecular flexibility index (Phi) is 4.40. The highest BCUT2D eigenvalue weighted by molar-refractivity contribution is 7.12. The molecule has 1 aromatic carbocycles. The van der Waals surface area contributed by atoms with E-state index in [1.165, 1.54) is 0 Å². The van der Waals surface area contributed by atoms with E-state index >= 15 is 0 Å². The first-order valence-electron chi connectivity index (χ1n) is 8.61. The van der Waals surface area contributed by atoms with Crippen molar-refractivity contribution in [2.75, 3.05) is 5.32 Å². The van der Waals surface area contributed by atoms with Crippen LogP contribution < -0.4 is 5.32 Å². The average Bonchev–Trinajstić information content (AvgIpc) is 3.13. The summed E-state index contributed by atoms with van der Waals surface area (Å²) in [5.41, 5.74) is 3.00. The largest absolute Gasteiger partial charge is 0.310 e. The molecule has 5 nitrogen and oxygen atoms in total. The molecular weight excluding hydrogens is 382 g/mol. The molecule has 0 aliphatic carbocycles. The summed E-state index contributed by atoms with van der Waals surface area (Å²) in [6, 6.07) is 9.11. The van der Waals surface area contributed by atoms with Gasteiger partial charge in [-0.2, -0.15) is 5.10 Å². The van der Waals surface area contributed by atoms with E-state index in [0.717, 1.165) is 26.7 Å². The summed E-state index contributed by atoms with van der Waals surface area (Å²) in [4.78, 5) is 27.7. The Morgan fingerprint density at radius 3 is 2.59 bits per heavy atom. The van der Waals surface area contributed by atoms with Crippen molar-refractivity contribution in [1.29, 1.82) is 0 Å². The van der Waals surface area contributed by atoms with Gasteiger partial charge in [0.15, 0.2) is 5.78 Å². The van der Waals surface area contributed by atoms with Gasteiger partial charge in [0.25, 0.3) is 0 Å². The molecule has 0 fully saturated rings. The number of aryl methyl sites for hydroxylation is 3. The third kappa shape index (κ3) is 3.09. The predicted octanol–water partition coefficient (Wildman–Crippen LogP) is 4.82. The number of anilines is 1. The van der Waals surface area contributed by atoms with Crippen molar-refractivity contribution < 1.29 is 9.59 Å². The van der Waals surface area contributed by atoms with Gasteiger partial charge < -0.3 is 5.32 Å². The van der Waals surface area contributed by atoms with Crippen molar-refractivity contribution in [3.8, 4) is 5.69 Å². The first-order valence-corrected chi connectivity index (χ1v) is 9.81. The Hall–Kier alpha value is -2.44. The van der Waals surface area contributed by atoms with Crippen LogP contribution in [0.5, 0.6) is 0 Å². The number of nitrogens with zero attached hydrogens (tertiary/aromatic N) is 2. The molecular formula is C20H18ClN3O2S. The smallest absolute Gasteiger partial charge is 0.226 e. The molecule has 3 heterocycles. The van der Waals surface area contributed by atoms with Crippen LogP contribution in [0.2, 0.25) is 5.02 Å². The number of Topliss-reactive ketones (excluding diaryl/α,β-unsaturated/α-hetero) is 1. The number of amides is 1. The quantitative estimate of drug-likeness (QED) is 0.642. The molecule has 0 radical (unpaired) electrons. The van der Waals surface area contributed by atoms with Crippen LogP contribution in [-0.2, 0) is 4.79 Å². The van der Waals surface area contributed by atoms with Gasteiger partial charge in [-0.15, -0.1) is 11.3 Å². The van der Waals surface area contributed by atoms with Crippen molar-refractivity contribution in [1.82, 2.24) is 9.78 Å². The predicted molar refractivity (Wildman–Crippen MR) is 107 cm³/mol. The van der Waals surface area contributed by atoms with Crippen molar-refractivity contribution in [2.24, 2.45) is 0 Å². The lowest BCUT2D eigenvalue weighted by molar-refractivity contribution is -0.116. The van der Waals surface area contributed by atoms with E-state index in [9.17, 15) is 9.59 Å². The fourth-order valence-corrected chi connectivity index (χ4v) is 4.66. The molecule has 1 aliphatic rings. The van der Waals surface area contributed by atoms with E-state index in [4.69, 9.17) is 11.6 Å². The van der Waals surface area contributed by atoms with Crippen LogP contribution in [0.4, 0.5) is 5.82 Å². The van der Waals surface area contributed by atoms with E-state index in [1.807, 2.05) is 39.0 Å². The van der Waals surface area contributed by atoms with Gasteiger partial charge in [-0.1, -0.05) is 11.6 Å². The highest BCUT2D eigenvalue weighted by Gasteiger charge is 2.37. The fourth-order valence-electron chi connectivity index (χ4n) is 3.60. The highest BCUT2D eigenvalue weighted by Crippen LogP contribution is 2.39. The number of benzene rings is 1. The summed E-state index contributed by atoms with van der Waals surface area (Å²) in [7, 11) is 0. The van der Waals surface area contributed by atoms with Gasteiger partial charge in [0, 0.05) is 32.3 Å². The standard InChI is InChI=1S/C20H18ClN3O2S/c1-10-8-15(12(3)27-10)19(26)16-9-17(25)22-20-18(16)11(2)23-24(20)14-6-4-13(21)5-7-14/h4-8,16H,9H2,1-3H3,(H,22,25)/t16-/m0/s1. The molecule has 0 saturated carbocycles. The third-order valence-electron chi connectivity index (χ3n) is 4.80. The summed E-state index contributed by atoms with van der Waals surface area (Å²) in [6.07, 6.45) is 0.132. The molecule has 0 unspecified atom stereocenters. The first kappa shape index (κ1) is 17.9. The van der Waals surface area contributed by atoms with Crippen molar-refractivity contribution in [3.05, 3.63) is 61.9 Å². The number of rotatable bonds is 3. The van der Waals surface area contributed by atoms with Crippen LogP contribution in [0, 0.1) is 20.8 Å². The zero-order valence-electron chi connectivity index (χ0n) is 15.2. The second-order valence-corrected chi connectivity index (χ2v) is 8.63. The minimum absolute atomic E-state index is 0.0216. The second kappa shape index (κ2) is 6.62. The van der Waals surface area contributed by atoms with Crippen molar-refractivity contribution in [3.63, 3.8) is 0 Å². The molecule has 1 N–H and O–H groups in total. The Morgan fingerprint density at radius 2 is 1.96 bits per heavy atom. The summed E-state index contributed by atoms with van der Waals surface area (Å²) in [5, 5.41) is 8.11. The number of hydrogen-bond donors (Lipinski definition) is 1. The number of fused-ring (bicyclic) bond motifs is 1. The number of thiophene rings is 1. The second-order valence-electron chi connectivity index (χ2n) is 6.73. The van der Waals surface area contributed by atoms with Gasteiger partial charge in [0.05, 0.1) is 17.3 Å². The lowest BCUT2D eigenvalue weighted by Gasteiger charge is -2.23. The van der Waals surface area contributed by atoms with Crippen molar-refractivity contribution >= 4 is 40.4 Å². The molecule has 7 heteroatoms. The monoisotopic (exact) mass is 399 g/mol. The number of carbonyl (C=O) groups excluding carboxylic acids is 2. The average molecular weight is 400 g/mol. The summed E-state index contributed by atoms with van der Waals surface area (Å²) >= 11 is 7.57. The third-order valence-corrected chi connectivity index (χ3v) is 6.01. The lowest BCUT2D eigenvalue weighted by atomic mass is 9.85. The number of hydrogen-bond acceptors (Lipinski definition) is 4. The summed E-state index contributed by atoms with van der Waals surface area (Å²) < 4.78 is 1.67. The minimum Gasteiger partial charge on any atom is -0.310 e. The number of carbonyl (C=O) groups is 2. The van der Waals surface area contributed by atoms with E-state index in [-0.39, 0.29) is 18.1 Å². The summed E-state index contributed by atoms with van der Waals surface area (Å²) in [5.74, 6) is -0.163. The first-order chi connectivity index (χ1) is 12.8. The van der Waals surface area contributed by atoms with Crippen LogP contribution in [0.3, 0.4) is 0 Å². The van der Waals surface area contributed by atoms with Crippen LogP contribution >= 0.6 is 22.9 Å². The van der Waals surface area contributed by atoms with Crippen LogP contribution in [0.25, 0.3) is 5.69 Å². The molecule has 138 valence electrons. The molecule has 4 rings (SSSR count). The molecule has 0 spiro atoms. The normalized spacial score (nSPS) is 16.1. The highest BCUT2D eigenvalue weighted by atomic mass is 35.5. The van der Waals surface area contributed by atoms with Gasteiger partial charge in [0.2, 0.25) is 5.91 Å². The van der Waals surface area contributed by atoms with E-state index in [0.29, 0.717) is 16.4 Å². The van der Waals surface area contributed by atoms with E-state index < -0.39 is 5.92 Å². The number of nitrogens with one attached hydrogen (secondary N) is 1. The van der Waals surface area contributed by atoms with E-state index in [1.54, 1.807) is 28.2 Å². The van der Waals surface area contributed by atoms with Crippen LogP contribution in [-0.4, -0.2) is 21.5 Å². The number of halogens is 1. The topological polar surface area (TPSA) is 64.0 Å². The molecule has 3 aromatic rings. The number of aromatic nitrogens is 2. The SMILES string of the molecule is Cc1cc(C(=O)[C@H]2CC(=O)Nc3c2c(C)nn3-c2ccc(Cl)cc2)c(C)s1. The molecule has 27 heavy (non-hydrogen) atoms. The minimum atomic E-state index is -0.525. The van der Waals surface area contributed by atoms with Crippen LogP contribution in [0.1, 0.15) is 43.7 Å².